The number of halogens is 2. The smallest absolute Gasteiger partial charge is 0.226 e. The van der Waals surface area contributed by atoms with Gasteiger partial charge in [-0.1, -0.05) is 24.3 Å². The number of anilines is 1. The Hall–Kier alpha value is -3.55. The van der Waals surface area contributed by atoms with Gasteiger partial charge in [-0.3, -0.25) is 4.79 Å². The third kappa shape index (κ3) is 2.96. The number of aromatic nitrogens is 3. The summed E-state index contributed by atoms with van der Waals surface area (Å²) in [6.45, 7) is 0. The van der Waals surface area contributed by atoms with Gasteiger partial charge < -0.3 is 10.1 Å². The first-order valence-corrected chi connectivity index (χ1v) is 9.55. The number of para-hydroxylation sites is 1. The number of carbonyl (C=O) groups excluding carboxylic acids is 1. The van der Waals surface area contributed by atoms with Crippen molar-refractivity contribution in [2.75, 3.05) is 12.4 Å². The van der Waals surface area contributed by atoms with Gasteiger partial charge in [-0.15, -0.1) is 0 Å². The molecule has 8 heteroatoms. The van der Waals surface area contributed by atoms with Crippen molar-refractivity contribution >= 4 is 11.7 Å². The van der Waals surface area contributed by atoms with Gasteiger partial charge >= 0.3 is 0 Å². The average molecular weight is 408 g/mol. The van der Waals surface area contributed by atoms with Gasteiger partial charge in [0.25, 0.3) is 0 Å². The van der Waals surface area contributed by atoms with Crippen LogP contribution in [0.5, 0.6) is 5.75 Å². The molecular weight excluding hydrogens is 390 g/mol. The highest BCUT2D eigenvalue weighted by Crippen LogP contribution is 2.45. The second kappa shape index (κ2) is 7.05. The first-order chi connectivity index (χ1) is 14.5. The summed E-state index contributed by atoms with van der Waals surface area (Å²) in [5.74, 6) is -1.17. The van der Waals surface area contributed by atoms with E-state index in [0.29, 0.717) is 23.0 Å². The number of methoxy groups -OCH3 is 1. The Labute approximate surface area is 171 Å². The molecule has 30 heavy (non-hydrogen) atoms. The molecule has 5 rings (SSSR count). The van der Waals surface area contributed by atoms with E-state index in [-0.39, 0.29) is 18.1 Å². The van der Waals surface area contributed by atoms with Gasteiger partial charge in [0, 0.05) is 29.7 Å². The normalized spacial score (nSPS) is 22.6. The number of allylic oxidation sites excluding steroid dienone is 2. The number of Topliss-reactive ketones (excluding diaryl/α,β-unsaturated/α-hetero) is 1. The fourth-order valence-corrected chi connectivity index (χ4v) is 4.43. The molecule has 0 saturated heterocycles. The van der Waals surface area contributed by atoms with Crippen LogP contribution in [-0.4, -0.2) is 27.7 Å². The maximum absolute atomic E-state index is 14.0. The number of ketones is 1. The van der Waals surface area contributed by atoms with Crippen LogP contribution in [0.15, 0.2) is 60.6 Å². The molecule has 1 aliphatic carbocycles. The molecule has 6 nitrogen and oxygen atoms in total. The van der Waals surface area contributed by atoms with Gasteiger partial charge in [0.05, 0.1) is 19.1 Å². The van der Waals surface area contributed by atoms with E-state index in [0.717, 1.165) is 11.6 Å². The van der Waals surface area contributed by atoms with E-state index in [1.165, 1.54) is 23.1 Å². The summed E-state index contributed by atoms with van der Waals surface area (Å²) in [5, 5.41) is 7.38. The standard InChI is InChI=1S/C22H18F2N4O2/c1-30-19-5-3-2-4-16(19)12-8-17-20(18(29)9-12)21(28-22(27-17)25-11-26-28)13-6-14(23)10-15(24)7-13/h2-8,10-12,20-21H,9H2,1H3,(H,25,26,27)/t12-,20+,21+/m1/s1. The van der Waals surface area contributed by atoms with Gasteiger partial charge in [0.2, 0.25) is 5.95 Å². The van der Waals surface area contributed by atoms with E-state index in [1.54, 1.807) is 7.11 Å². The number of benzene rings is 2. The van der Waals surface area contributed by atoms with Crippen LogP contribution in [0, 0.1) is 17.6 Å². The molecule has 3 aromatic rings. The average Bonchev–Trinajstić information content (AvgIpc) is 3.19. The summed E-state index contributed by atoms with van der Waals surface area (Å²) in [7, 11) is 1.59. The summed E-state index contributed by atoms with van der Waals surface area (Å²) < 4.78 is 34.9. The second-order valence-electron chi connectivity index (χ2n) is 7.42. The maximum Gasteiger partial charge on any atom is 0.226 e. The van der Waals surface area contributed by atoms with Gasteiger partial charge in [-0.2, -0.15) is 10.1 Å². The molecule has 1 aromatic heterocycles. The quantitative estimate of drug-likeness (QED) is 0.713. The molecule has 0 spiro atoms. The molecule has 0 saturated carbocycles. The molecule has 0 unspecified atom stereocenters. The minimum absolute atomic E-state index is 0.0493. The number of hydrogen-bond donors (Lipinski definition) is 1. The van der Waals surface area contributed by atoms with Crippen LogP contribution in [-0.2, 0) is 4.79 Å². The number of nitrogens with zero attached hydrogens (tertiary/aromatic N) is 3. The van der Waals surface area contributed by atoms with Gasteiger partial charge in [0.15, 0.2) is 0 Å². The molecule has 0 fully saturated rings. The summed E-state index contributed by atoms with van der Waals surface area (Å²) >= 11 is 0. The molecule has 2 aromatic carbocycles. The lowest BCUT2D eigenvalue weighted by atomic mass is 9.75. The van der Waals surface area contributed by atoms with E-state index in [9.17, 15) is 13.6 Å². The summed E-state index contributed by atoms with van der Waals surface area (Å²) in [6.07, 6.45) is 3.57. The molecule has 1 aliphatic heterocycles. The lowest BCUT2D eigenvalue weighted by Gasteiger charge is -2.38. The van der Waals surface area contributed by atoms with Crippen LogP contribution in [0.1, 0.15) is 29.5 Å². The number of fused-ring (bicyclic) bond motifs is 2. The van der Waals surface area contributed by atoms with E-state index in [4.69, 9.17) is 4.74 Å². The zero-order valence-electron chi connectivity index (χ0n) is 16.0. The molecule has 1 N–H and O–H groups in total. The monoisotopic (exact) mass is 408 g/mol. The summed E-state index contributed by atoms with van der Waals surface area (Å²) in [5.41, 5.74) is 1.89. The summed E-state index contributed by atoms with van der Waals surface area (Å²) in [4.78, 5) is 17.5. The predicted molar refractivity (Wildman–Crippen MR) is 105 cm³/mol. The third-order valence-electron chi connectivity index (χ3n) is 5.66. The lowest BCUT2D eigenvalue weighted by Crippen LogP contribution is -2.40. The first kappa shape index (κ1) is 18.5. The molecule has 0 radical (unpaired) electrons. The second-order valence-corrected chi connectivity index (χ2v) is 7.42. The van der Waals surface area contributed by atoms with Crippen molar-refractivity contribution in [1.29, 1.82) is 0 Å². The van der Waals surface area contributed by atoms with Crippen LogP contribution in [0.3, 0.4) is 0 Å². The van der Waals surface area contributed by atoms with Gasteiger partial charge in [-0.25, -0.2) is 13.5 Å². The topological polar surface area (TPSA) is 69.0 Å². The van der Waals surface area contributed by atoms with E-state index in [2.05, 4.69) is 15.4 Å². The minimum Gasteiger partial charge on any atom is -0.496 e. The van der Waals surface area contributed by atoms with Crippen molar-refractivity contribution in [2.45, 2.75) is 18.4 Å². The lowest BCUT2D eigenvalue weighted by molar-refractivity contribution is -0.123. The van der Waals surface area contributed by atoms with Gasteiger partial charge in [0.1, 0.15) is 29.5 Å². The van der Waals surface area contributed by atoms with Gasteiger partial charge in [-0.05, 0) is 23.8 Å². The number of carbonyl (C=O) groups is 1. The highest BCUT2D eigenvalue weighted by Gasteiger charge is 2.43. The number of hydrogen-bond acceptors (Lipinski definition) is 5. The van der Waals surface area contributed by atoms with Crippen molar-refractivity contribution in [3.63, 3.8) is 0 Å². The van der Waals surface area contributed by atoms with Crippen molar-refractivity contribution in [1.82, 2.24) is 14.8 Å². The van der Waals surface area contributed by atoms with Crippen LogP contribution in [0.25, 0.3) is 0 Å². The zero-order valence-corrected chi connectivity index (χ0v) is 16.0. The van der Waals surface area contributed by atoms with E-state index >= 15 is 0 Å². The highest BCUT2D eigenvalue weighted by atomic mass is 19.1. The van der Waals surface area contributed by atoms with E-state index < -0.39 is 23.6 Å². The first-order valence-electron chi connectivity index (χ1n) is 9.55. The highest BCUT2D eigenvalue weighted by molar-refractivity contribution is 5.89. The Balaban J connectivity index is 1.63. The van der Waals surface area contributed by atoms with Crippen molar-refractivity contribution in [3.05, 3.63) is 83.3 Å². The molecule has 3 atom stereocenters. The Morgan fingerprint density at radius 1 is 1.17 bits per heavy atom. The minimum atomic E-state index is -0.703. The molecule has 0 bridgehead atoms. The summed E-state index contributed by atoms with van der Waals surface area (Å²) in [6, 6.07) is 10.2. The SMILES string of the molecule is COc1ccccc1[C@@H]1C=C2Nc3ncnn3[C@@H](c3cc(F)cc(F)c3)[C@@H]2C(=O)C1. The van der Waals surface area contributed by atoms with Crippen molar-refractivity contribution < 1.29 is 18.3 Å². The fourth-order valence-electron chi connectivity index (χ4n) is 4.43. The number of ether oxygens (including phenoxy) is 1. The Kier molecular flexibility index (Phi) is 4.34. The van der Waals surface area contributed by atoms with E-state index in [1.807, 2.05) is 30.3 Å². The van der Waals surface area contributed by atoms with Crippen LogP contribution >= 0.6 is 0 Å². The Morgan fingerprint density at radius 3 is 2.70 bits per heavy atom. The largest absolute Gasteiger partial charge is 0.496 e. The number of nitrogens with one attached hydrogen (secondary N) is 1. The van der Waals surface area contributed by atoms with Crippen LogP contribution < -0.4 is 10.1 Å². The third-order valence-corrected chi connectivity index (χ3v) is 5.66. The fraction of sp³-hybridized carbons (Fsp3) is 0.227. The Morgan fingerprint density at radius 2 is 1.93 bits per heavy atom. The van der Waals surface area contributed by atoms with Crippen LogP contribution in [0.4, 0.5) is 14.7 Å². The molecule has 0 amide bonds. The maximum atomic E-state index is 14.0. The zero-order chi connectivity index (χ0) is 20.8. The Bertz CT molecular complexity index is 1150. The number of rotatable bonds is 3. The molecular formula is C22H18F2N4O2. The molecule has 152 valence electrons. The molecule has 2 aliphatic rings. The molecule has 2 heterocycles. The van der Waals surface area contributed by atoms with Crippen molar-refractivity contribution in [3.8, 4) is 5.75 Å². The van der Waals surface area contributed by atoms with Crippen LogP contribution in [0.2, 0.25) is 0 Å². The predicted octanol–water partition coefficient (Wildman–Crippen LogP) is 3.84. The van der Waals surface area contributed by atoms with Crippen molar-refractivity contribution in [2.24, 2.45) is 5.92 Å².